The van der Waals surface area contributed by atoms with Crippen LogP contribution >= 0.6 is 0 Å². The van der Waals surface area contributed by atoms with Gasteiger partial charge in [-0.3, -0.25) is 0 Å². The Morgan fingerprint density at radius 3 is 2.27 bits per heavy atom. The van der Waals surface area contributed by atoms with Gasteiger partial charge < -0.3 is 19.8 Å². The van der Waals surface area contributed by atoms with E-state index in [1.807, 2.05) is 30.3 Å². The highest BCUT2D eigenvalue weighted by atomic mass is 28.4. The second-order valence-electron chi connectivity index (χ2n) is 14.4. The van der Waals surface area contributed by atoms with Crippen LogP contribution in [0.3, 0.4) is 0 Å². The predicted molar refractivity (Wildman–Crippen MR) is 152 cm³/mol. The molecule has 5 atom stereocenters. The van der Waals surface area contributed by atoms with Crippen molar-refractivity contribution in [2.75, 3.05) is 6.54 Å². The number of alkyl carbamates (subject to hydrolysis) is 1. The van der Waals surface area contributed by atoms with E-state index in [4.69, 9.17) is 9.16 Å². The lowest BCUT2D eigenvalue weighted by atomic mass is 9.48. The Labute approximate surface area is 226 Å². The summed E-state index contributed by atoms with van der Waals surface area (Å²) in [5, 5.41) is 7.61. The zero-order chi connectivity index (χ0) is 26.3. The standard InChI is InChI=1S/C31H50N2O3Si/c1-30(2,3)37(4,5)36-27-13-11-26(12-14-27)33-28-24-15-23-16-25(28)19-31(17-23,18-24)21-32-29(34)35-20-22-9-7-6-8-10-22/h6-10,23-28,33H,11-21H2,1-5H3,(H,32,34)/t23?,24-,25?,26-,27-,28+,31?/m0/s1. The Bertz CT molecular complexity index is 906. The number of ether oxygens (including phenoxy) is 1. The first-order valence-corrected chi connectivity index (χ1v) is 17.8. The molecule has 5 aliphatic carbocycles. The molecule has 0 saturated heterocycles. The Morgan fingerprint density at radius 2 is 1.65 bits per heavy atom. The van der Waals surface area contributed by atoms with Gasteiger partial charge in [-0.05, 0) is 105 Å². The Balaban J connectivity index is 1.09. The van der Waals surface area contributed by atoms with Crippen molar-refractivity contribution in [2.45, 2.75) is 121 Å². The van der Waals surface area contributed by atoms with Crippen LogP contribution in [-0.4, -0.2) is 39.1 Å². The van der Waals surface area contributed by atoms with E-state index in [1.165, 1.54) is 57.8 Å². The van der Waals surface area contributed by atoms with Crippen LogP contribution in [0.1, 0.15) is 84.1 Å². The molecule has 37 heavy (non-hydrogen) atoms. The van der Waals surface area contributed by atoms with E-state index in [1.54, 1.807) is 0 Å². The zero-order valence-corrected chi connectivity index (χ0v) is 24.9. The SMILES string of the molecule is CC(C)(C)[Si](C)(C)O[C@H]1CC[C@H](N[C@H]2C3CC4C[C@H]2CC(CNC(=O)OCc2ccccc2)(C4)C3)CC1. The maximum absolute atomic E-state index is 12.5. The Kier molecular flexibility index (Phi) is 7.83. The first-order chi connectivity index (χ1) is 17.5. The quantitative estimate of drug-likeness (QED) is 0.357. The van der Waals surface area contributed by atoms with E-state index in [-0.39, 0.29) is 16.5 Å². The summed E-state index contributed by atoms with van der Waals surface area (Å²) in [7, 11) is -1.68. The van der Waals surface area contributed by atoms with Crippen molar-refractivity contribution in [3.63, 3.8) is 0 Å². The predicted octanol–water partition coefficient (Wildman–Crippen LogP) is 7.03. The van der Waals surface area contributed by atoms with Crippen LogP contribution in [0, 0.1) is 23.2 Å². The highest BCUT2D eigenvalue weighted by Gasteiger charge is 2.55. The van der Waals surface area contributed by atoms with Crippen molar-refractivity contribution in [2.24, 2.45) is 23.2 Å². The summed E-state index contributed by atoms with van der Waals surface area (Å²) in [5.74, 6) is 2.36. The van der Waals surface area contributed by atoms with Gasteiger partial charge in [-0.1, -0.05) is 51.1 Å². The molecule has 6 heteroatoms. The van der Waals surface area contributed by atoms with Crippen LogP contribution in [0.15, 0.2) is 30.3 Å². The van der Waals surface area contributed by atoms with Gasteiger partial charge in [0.1, 0.15) is 6.61 Å². The fraction of sp³-hybridized carbons (Fsp3) is 0.774. The average molecular weight is 527 g/mol. The number of nitrogens with one attached hydrogen (secondary N) is 2. The second-order valence-corrected chi connectivity index (χ2v) is 19.2. The molecule has 1 aromatic rings. The number of amides is 1. The van der Waals surface area contributed by atoms with Gasteiger partial charge in [-0.2, -0.15) is 0 Å². The van der Waals surface area contributed by atoms with Gasteiger partial charge in [0.15, 0.2) is 8.32 Å². The number of hydrogen-bond acceptors (Lipinski definition) is 4. The van der Waals surface area contributed by atoms with Crippen molar-refractivity contribution in [1.82, 2.24) is 10.6 Å². The fourth-order valence-corrected chi connectivity index (χ4v) is 9.35. The summed E-state index contributed by atoms with van der Waals surface area (Å²) in [6, 6.07) is 11.2. The average Bonchev–Trinajstić information content (AvgIpc) is 2.84. The van der Waals surface area contributed by atoms with E-state index in [0.29, 0.717) is 24.8 Å². The van der Waals surface area contributed by atoms with Crippen LogP contribution in [-0.2, 0) is 15.8 Å². The van der Waals surface area contributed by atoms with Crippen LogP contribution < -0.4 is 10.6 Å². The highest BCUT2D eigenvalue weighted by Crippen LogP contribution is 2.60. The highest BCUT2D eigenvalue weighted by molar-refractivity contribution is 6.74. The lowest BCUT2D eigenvalue weighted by molar-refractivity contribution is -0.0786. The van der Waals surface area contributed by atoms with Gasteiger partial charge in [-0.25, -0.2) is 4.79 Å². The van der Waals surface area contributed by atoms with E-state index < -0.39 is 8.32 Å². The number of benzene rings is 1. The molecule has 1 amide bonds. The van der Waals surface area contributed by atoms with Crippen LogP contribution in [0.5, 0.6) is 0 Å². The second kappa shape index (κ2) is 10.7. The molecule has 6 rings (SSSR count). The molecule has 2 N–H and O–H groups in total. The van der Waals surface area contributed by atoms with Crippen LogP contribution in [0.25, 0.3) is 0 Å². The third-order valence-electron chi connectivity index (χ3n) is 10.6. The van der Waals surface area contributed by atoms with Gasteiger partial charge in [0.05, 0.1) is 0 Å². The van der Waals surface area contributed by atoms with E-state index in [2.05, 4.69) is 44.5 Å². The lowest BCUT2D eigenvalue weighted by Crippen LogP contribution is -2.62. The van der Waals surface area contributed by atoms with Crippen LogP contribution in [0.2, 0.25) is 18.1 Å². The summed E-state index contributed by atoms with van der Waals surface area (Å²) in [6.45, 7) is 12.9. The summed E-state index contributed by atoms with van der Waals surface area (Å²) in [4.78, 5) is 12.5. The number of hydrogen-bond donors (Lipinski definition) is 2. The van der Waals surface area contributed by atoms with Crippen molar-refractivity contribution in [1.29, 1.82) is 0 Å². The molecule has 5 aliphatic rings. The van der Waals surface area contributed by atoms with Gasteiger partial charge in [0, 0.05) is 24.7 Å². The Hall–Kier alpha value is -1.37. The Morgan fingerprint density at radius 1 is 1.00 bits per heavy atom. The van der Waals surface area contributed by atoms with E-state index >= 15 is 0 Å². The number of carbonyl (C=O) groups excluding carboxylic acids is 1. The zero-order valence-electron chi connectivity index (χ0n) is 23.9. The smallest absolute Gasteiger partial charge is 0.407 e. The van der Waals surface area contributed by atoms with Crippen molar-refractivity contribution >= 4 is 14.4 Å². The molecule has 0 aliphatic heterocycles. The molecule has 0 aromatic heterocycles. The first kappa shape index (κ1) is 27.2. The number of rotatable bonds is 8. The third-order valence-corrected chi connectivity index (χ3v) is 15.1. The minimum Gasteiger partial charge on any atom is -0.445 e. The molecule has 206 valence electrons. The molecule has 5 saturated carbocycles. The summed E-state index contributed by atoms with van der Waals surface area (Å²) in [5.41, 5.74) is 1.30. The molecule has 4 bridgehead atoms. The maximum atomic E-state index is 12.5. The molecule has 0 heterocycles. The largest absolute Gasteiger partial charge is 0.445 e. The molecule has 0 spiro atoms. The molecule has 3 unspecified atom stereocenters. The molecule has 5 fully saturated rings. The minimum atomic E-state index is -1.68. The molecular formula is C31H50N2O3Si. The van der Waals surface area contributed by atoms with Crippen molar-refractivity contribution in [3.8, 4) is 0 Å². The van der Waals surface area contributed by atoms with Crippen molar-refractivity contribution < 1.29 is 14.0 Å². The van der Waals surface area contributed by atoms with Gasteiger partial charge >= 0.3 is 6.09 Å². The van der Waals surface area contributed by atoms with Crippen LogP contribution in [0.4, 0.5) is 4.79 Å². The monoisotopic (exact) mass is 526 g/mol. The summed E-state index contributed by atoms with van der Waals surface area (Å²) >= 11 is 0. The van der Waals surface area contributed by atoms with E-state index in [0.717, 1.165) is 29.9 Å². The topological polar surface area (TPSA) is 59.6 Å². The first-order valence-electron chi connectivity index (χ1n) is 14.9. The minimum absolute atomic E-state index is 0.272. The number of carbonyl (C=O) groups is 1. The van der Waals surface area contributed by atoms with Gasteiger partial charge in [0.25, 0.3) is 0 Å². The molecule has 1 aromatic carbocycles. The lowest BCUT2D eigenvalue weighted by Gasteiger charge is -2.61. The van der Waals surface area contributed by atoms with Gasteiger partial charge in [0.2, 0.25) is 0 Å². The van der Waals surface area contributed by atoms with Gasteiger partial charge in [-0.15, -0.1) is 0 Å². The molecular weight excluding hydrogens is 476 g/mol. The normalized spacial score (nSPS) is 35.4. The van der Waals surface area contributed by atoms with E-state index in [9.17, 15) is 4.79 Å². The third kappa shape index (κ3) is 6.28. The maximum Gasteiger partial charge on any atom is 0.407 e. The van der Waals surface area contributed by atoms with Crippen molar-refractivity contribution in [3.05, 3.63) is 35.9 Å². The summed E-state index contributed by atoms with van der Waals surface area (Å²) in [6.07, 6.45) is 11.6. The molecule has 0 radical (unpaired) electrons. The molecule has 5 nitrogen and oxygen atoms in total. The summed E-state index contributed by atoms with van der Waals surface area (Å²) < 4.78 is 12.2. The fourth-order valence-electron chi connectivity index (χ4n) is 7.93.